The minimum Gasteiger partial charge on any atom is -0.359 e. The molecule has 1 amide bonds. The minimum atomic E-state index is -0.0253. The van der Waals surface area contributed by atoms with Gasteiger partial charge in [0.15, 0.2) is 0 Å². The summed E-state index contributed by atoms with van der Waals surface area (Å²) in [4.78, 5) is 14.3. The molecule has 2 N–H and O–H groups in total. The number of hydrogen-bond donors (Lipinski definition) is 2. The highest BCUT2D eigenvalue weighted by atomic mass is 16.2. The predicted octanol–water partition coefficient (Wildman–Crippen LogP) is 2.21. The summed E-state index contributed by atoms with van der Waals surface area (Å²) in [5.74, 6) is 0.126. The lowest BCUT2D eigenvalue weighted by atomic mass is 10.1. The van der Waals surface area contributed by atoms with Gasteiger partial charge in [0.05, 0.1) is 0 Å². The Bertz CT molecular complexity index is 487. The highest BCUT2D eigenvalue weighted by molar-refractivity contribution is 5.86. The SMILES string of the molecule is CCCNCc1cc(C)ccc1N1CCCC1C(=O)NC. The van der Waals surface area contributed by atoms with Gasteiger partial charge in [-0.1, -0.05) is 24.6 Å². The van der Waals surface area contributed by atoms with Crippen molar-refractivity contribution in [1.82, 2.24) is 10.6 Å². The third-order valence-electron chi connectivity index (χ3n) is 4.09. The number of benzene rings is 1. The molecule has 1 fully saturated rings. The van der Waals surface area contributed by atoms with Crippen molar-refractivity contribution in [2.75, 3.05) is 25.0 Å². The number of likely N-dealkylation sites (N-methyl/N-ethyl adjacent to an activating group) is 1. The molecule has 1 aliphatic heterocycles. The summed E-state index contributed by atoms with van der Waals surface area (Å²) in [7, 11) is 1.72. The third kappa shape index (κ3) is 3.76. The Kier molecular flexibility index (Phi) is 5.62. The monoisotopic (exact) mass is 289 g/mol. The quantitative estimate of drug-likeness (QED) is 0.789. The first-order valence-corrected chi connectivity index (χ1v) is 7.95. The zero-order valence-electron chi connectivity index (χ0n) is 13.4. The van der Waals surface area contributed by atoms with E-state index in [1.807, 2.05) is 0 Å². The molecule has 1 unspecified atom stereocenters. The van der Waals surface area contributed by atoms with Gasteiger partial charge >= 0.3 is 0 Å². The Balaban J connectivity index is 2.23. The Morgan fingerprint density at radius 1 is 1.43 bits per heavy atom. The maximum atomic E-state index is 12.1. The van der Waals surface area contributed by atoms with Crippen molar-refractivity contribution in [2.24, 2.45) is 0 Å². The van der Waals surface area contributed by atoms with E-state index < -0.39 is 0 Å². The normalized spacial score (nSPS) is 18.0. The maximum absolute atomic E-state index is 12.1. The van der Waals surface area contributed by atoms with E-state index in [1.54, 1.807) is 7.05 Å². The zero-order valence-corrected chi connectivity index (χ0v) is 13.4. The molecule has 1 aliphatic rings. The van der Waals surface area contributed by atoms with Crippen molar-refractivity contribution < 1.29 is 4.79 Å². The van der Waals surface area contributed by atoms with Crippen LogP contribution in [-0.2, 0) is 11.3 Å². The van der Waals surface area contributed by atoms with Crippen LogP contribution in [-0.4, -0.2) is 32.1 Å². The molecule has 2 rings (SSSR count). The predicted molar refractivity (Wildman–Crippen MR) is 87.6 cm³/mol. The minimum absolute atomic E-state index is 0.0253. The van der Waals surface area contributed by atoms with Crippen molar-refractivity contribution >= 4 is 11.6 Å². The average molecular weight is 289 g/mol. The molecule has 1 aromatic carbocycles. The van der Waals surface area contributed by atoms with E-state index in [1.165, 1.54) is 16.8 Å². The molecular weight excluding hydrogens is 262 g/mol. The van der Waals surface area contributed by atoms with Crippen LogP contribution in [0.25, 0.3) is 0 Å². The molecule has 116 valence electrons. The van der Waals surface area contributed by atoms with E-state index in [2.05, 4.69) is 47.6 Å². The van der Waals surface area contributed by atoms with Crippen molar-refractivity contribution in [3.8, 4) is 0 Å². The summed E-state index contributed by atoms with van der Waals surface area (Å²) in [6.45, 7) is 7.13. The number of nitrogens with zero attached hydrogens (tertiary/aromatic N) is 1. The second-order valence-electron chi connectivity index (χ2n) is 5.77. The maximum Gasteiger partial charge on any atom is 0.242 e. The van der Waals surface area contributed by atoms with Gasteiger partial charge in [-0.05, 0) is 44.4 Å². The van der Waals surface area contributed by atoms with Crippen LogP contribution in [0.3, 0.4) is 0 Å². The molecule has 1 heterocycles. The van der Waals surface area contributed by atoms with Crippen LogP contribution in [0.1, 0.15) is 37.3 Å². The lowest BCUT2D eigenvalue weighted by Gasteiger charge is -2.28. The van der Waals surface area contributed by atoms with Gasteiger partial charge in [-0.15, -0.1) is 0 Å². The van der Waals surface area contributed by atoms with Crippen LogP contribution in [0.5, 0.6) is 0 Å². The Morgan fingerprint density at radius 3 is 2.95 bits per heavy atom. The van der Waals surface area contributed by atoms with Crippen LogP contribution >= 0.6 is 0 Å². The van der Waals surface area contributed by atoms with Gasteiger partial charge in [-0.2, -0.15) is 0 Å². The fourth-order valence-corrected chi connectivity index (χ4v) is 3.03. The topological polar surface area (TPSA) is 44.4 Å². The van der Waals surface area contributed by atoms with Crippen molar-refractivity contribution in [3.63, 3.8) is 0 Å². The van der Waals surface area contributed by atoms with Crippen molar-refractivity contribution in [3.05, 3.63) is 29.3 Å². The number of rotatable bonds is 6. The number of amides is 1. The molecule has 0 spiro atoms. The van der Waals surface area contributed by atoms with Crippen LogP contribution in [0.4, 0.5) is 5.69 Å². The fourth-order valence-electron chi connectivity index (χ4n) is 3.03. The molecule has 0 aliphatic carbocycles. The molecule has 1 atom stereocenters. The van der Waals surface area contributed by atoms with Gasteiger partial charge in [0.2, 0.25) is 5.91 Å². The standard InChI is InChI=1S/C17H27N3O/c1-4-9-19-12-14-11-13(2)7-8-15(14)20-10-5-6-16(20)17(21)18-3/h7-8,11,16,19H,4-6,9-10,12H2,1-3H3,(H,18,21). The zero-order chi connectivity index (χ0) is 15.2. The van der Waals surface area contributed by atoms with E-state index >= 15 is 0 Å². The fraction of sp³-hybridized carbons (Fsp3) is 0.588. The van der Waals surface area contributed by atoms with E-state index in [0.717, 1.165) is 38.9 Å². The molecular formula is C17H27N3O. The highest BCUT2D eigenvalue weighted by Gasteiger charge is 2.31. The van der Waals surface area contributed by atoms with Crippen molar-refractivity contribution in [1.29, 1.82) is 0 Å². The van der Waals surface area contributed by atoms with Crippen molar-refractivity contribution in [2.45, 2.75) is 45.7 Å². The van der Waals surface area contributed by atoms with Gasteiger partial charge in [0, 0.05) is 25.8 Å². The summed E-state index contributed by atoms with van der Waals surface area (Å²) in [6.07, 6.45) is 3.15. The lowest BCUT2D eigenvalue weighted by Crippen LogP contribution is -2.42. The summed E-state index contributed by atoms with van der Waals surface area (Å²) >= 11 is 0. The first kappa shape index (κ1) is 15.8. The summed E-state index contributed by atoms with van der Waals surface area (Å²) in [6, 6.07) is 6.51. The van der Waals surface area contributed by atoms with E-state index in [0.29, 0.717) is 0 Å². The first-order valence-electron chi connectivity index (χ1n) is 7.95. The number of anilines is 1. The number of nitrogens with one attached hydrogen (secondary N) is 2. The molecule has 4 heteroatoms. The molecule has 1 aromatic rings. The lowest BCUT2D eigenvalue weighted by molar-refractivity contribution is -0.121. The molecule has 21 heavy (non-hydrogen) atoms. The van der Waals surface area contributed by atoms with Gasteiger partial charge in [-0.3, -0.25) is 4.79 Å². The molecule has 0 saturated carbocycles. The summed E-state index contributed by atoms with van der Waals surface area (Å²) in [5.41, 5.74) is 3.76. The first-order chi connectivity index (χ1) is 10.2. The number of aryl methyl sites for hydroxylation is 1. The number of hydrogen-bond acceptors (Lipinski definition) is 3. The van der Waals surface area contributed by atoms with E-state index in [4.69, 9.17) is 0 Å². The van der Waals surface area contributed by atoms with E-state index in [9.17, 15) is 4.79 Å². The molecule has 4 nitrogen and oxygen atoms in total. The molecule has 1 saturated heterocycles. The van der Waals surface area contributed by atoms with Crippen LogP contribution < -0.4 is 15.5 Å². The molecule has 0 bridgehead atoms. The Hall–Kier alpha value is -1.55. The largest absolute Gasteiger partial charge is 0.359 e. The second kappa shape index (κ2) is 7.46. The van der Waals surface area contributed by atoms with Gasteiger partial charge in [0.25, 0.3) is 0 Å². The second-order valence-corrected chi connectivity index (χ2v) is 5.77. The Morgan fingerprint density at radius 2 is 2.24 bits per heavy atom. The molecule has 0 aromatic heterocycles. The highest BCUT2D eigenvalue weighted by Crippen LogP contribution is 2.29. The number of carbonyl (C=O) groups excluding carboxylic acids is 1. The van der Waals surface area contributed by atoms with Gasteiger partial charge in [-0.25, -0.2) is 0 Å². The van der Waals surface area contributed by atoms with Gasteiger partial charge in [0.1, 0.15) is 6.04 Å². The average Bonchev–Trinajstić information content (AvgIpc) is 2.96. The smallest absolute Gasteiger partial charge is 0.242 e. The van der Waals surface area contributed by atoms with Crippen LogP contribution in [0.15, 0.2) is 18.2 Å². The van der Waals surface area contributed by atoms with Crippen LogP contribution in [0, 0.1) is 6.92 Å². The summed E-state index contributed by atoms with van der Waals surface area (Å²) < 4.78 is 0. The Labute approximate surface area is 127 Å². The van der Waals surface area contributed by atoms with Gasteiger partial charge < -0.3 is 15.5 Å². The number of carbonyl (C=O) groups is 1. The third-order valence-corrected chi connectivity index (χ3v) is 4.09. The molecule has 0 radical (unpaired) electrons. The summed E-state index contributed by atoms with van der Waals surface area (Å²) in [5, 5.41) is 6.27. The van der Waals surface area contributed by atoms with E-state index in [-0.39, 0.29) is 11.9 Å². The van der Waals surface area contributed by atoms with Crippen LogP contribution in [0.2, 0.25) is 0 Å².